The van der Waals surface area contributed by atoms with Crippen LogP contribution < -0.4 is 10.4 Å². The summed E-state index contributed by atoms with van der Waals surface area (Å²) in [5.41, 5.74) is -0.850. The van der Waals surface area contributed by atoms with E-state index in [0.29, 0.717) is 25.6 Å². The number of hydrogen-bond donors (Lipinski definition) is 0. The van der Waals surface area contributed by atoms with Gasteiger partial charge < -0.3 is 18.9 Å². The van der Waals surface area contributed by atoms with Crippen LogP contribution in [0, 0.1) is 17.6 Å². The molecular formula is C19H28BF2NO3. The minimum atomic E-state index is -0.920. The molecule has 0 amide bonds. The Kier molecular flexibility index (Phi) is 5.10. The summed E-state index contributed by atoms with van der Waals surface area (Å²) in [7, 11) is -0.920. The third-order valence-electron chi connectivity index (χ3n) is 5.78. The van der Waals surface area contributed by atoms with Crippen LogP contribution in [0.4, 0.5) is 14.5 Å². The third kappa shape index (κ3) is 3.37. The number of nitrogens with zero attached hydrogens (tertiary/aromatic N) is 1. The molecule has 1 atom stereocenters. The molecule has 2 aliphatic rings. The number of rotatable bonds is 3. The SMILES string of the molecule is CC(C)C1CN(c2ccc(B3OC(C)(C)C(C)(C)O3)c(F)c2F)CCO1. The van der Waals surface area contributed by atoms with Crippen LogP contribution in [0.2, 0.25) is 0 Å². The Morgan fingerprint density at radius 2 is 1.69 bits per heavy atom. The van der Waals surface area contributed by atoms with E-state index in [0.717, 1.165) is 0 Å². The zero-order valence-electron chi connectivity index (χ0n) is 16.4. The average molecular weight is 367 g/mol. The first-order valence-corrected chi connectivity index (χ1v) is 9.23. The van der Waals surface area contributed by atoms with Crippen molar-refractivity contribution < 1.29 is 22.8 Å². The highest BCUT2D eigenvalue weighted by molar-refractivity contribution is 6.62. The number of morpholine rings is 1. The molecule has 26 heavy (non-hydrogen) atoms. The van der Waals surface area contributed by atoms with Crippen molar-refractivity contribution in [2.24, 2.45) is 5.92 Å². The van der Waals surface area contributed by atoms with Crippen molar-refractivity contribution in [1.82, 2.24) is 0 Å². The van der Waals surface area contributed by atoms with E-state index < -0.39 is 30.0 Å². The van der Waals surface area contributed by atoms with Crippen molar-refractivity contribution in [1.29, 1.82) is 0 Å². The monoisotopic (exact) mass is 367 g/mol. The molecule has 0 aliphatic carbocycles. The summed E-state index contributed by atoms with van der Waals surface area (Å²) in [5, 5.41) is 0. The second-order valence-electron chi connectivity index (χ2n) is 8.49. The Morgan fingerprint density at radius 1 is 1.08 bits per heavy atom. The standard InChI is InChI=1S/C19H28BF2NO3/c1-12(2)15-11-23(9-10-24-15)14-8-7-13(16(21)17(14)22)20-25-18(3,4)19(5,6)26-20/h7-8,12,15H,9-11H2,1-6H3. The van der Waals surface area contributed by atoms with Crippen molar-refractivity contribution in [3.8, 4) is 0 Å². The highest BCUT2D eigenvalue weighted by Crippen LogP contribution is 2.37. The van der Waals surface area contributed by atoms with E-state index in [1.807, 2.05) is 32.6 Å². The summed E-state index contributed by atoms with van der Waals surface area (Å²) in [6.45, 7) is 13.2. The van der Waals surface area contributed by atoms with Gasteiger partial charge in [0.05, 0.1) is 29.6 Å². The molecule has 1 aromatic rings. The molecule has 144 valence electrons. The van der Waals surface area contributed by atoms with E-state index in [1.165, 1.54) is 0 Å². The van der Waals surface area contributed by atoms with Crippen molar-refractivity contribution in [3.05, 3.63) is 23.8 Å². The van der Waals surface area contributed by atoms with E-state index in [1.54, 1.807) is 12.1 Å². The zero-order chi connectivity index (χ0) is 19.3. The summed E-state index contributed by atoms with van der Waals surface area (Å²) in [5.74, 6) is -1.45. The van der Waals surface area contributed by atoms with Crippen LogP contribution in [0.1, 0.15) is 41.5 Å². The fraction of sp³-hybridized carbons (Fsp3) is 0.684. The van der Waals surface area contributed by atoms with Crippen molar-refractivity contribution >= 4 is 18.3 Å². The lowest BCUT2D eigenvalue weighted by molar-refractivity contribution is 0.00578. The first-order valence-electron chi connectivity index (χ1n) is 9.23. The fourth-order valence-corrected chi connectivity index (χ4v) is 3.25. The fourth-order valence-electron chi connectivity index (χ4n) is 3.25. The molecule has 2 heterocycles. The number of halogens is 2. The molecule has 0 spiro atoms. The Labute approximate surface area is 154 Å². The maximum absolute atomic E-state index is 14.8. The van der Waals surface area contributed by atoms with Gasteiger partial charge in [0.15, 0.2) is 11.6 Å². The van der Waals surface area contributed by atoms with E-state index in [-0.39, 0.29) is 17.3 Å². The van der Waals surface area contributed by atoms with Crippen molar-refractivity contribution in [3.63, 3.8) is 0 Å². The van der Waals surface area contributed by atoms with Gasteiger partial charge in [0.2, 0.25) is 0 Å². The molecule has 0 bridgehead atoms. The smallest absolute Gasteiger partial charge is 0.399 e. The van der Waals surface area contributed by atoms with Crippen LogP contribution in [0.3, 0.4) is 0 Å². The highest BCUT2D eigenvalue weighted by atomic mass is 19.2. The van der Waals surface area contributed by atoms with Gasteiger partial charge in [-0.3, -0.25) is 0 Å². The summed E-state index contributed by atoms with van der Waals surface area (Å²) >= 11 is 0. The van der Waals surface area contributed by atoms with Gasteiger partial charge in [0, 0.05) is 18.6 Å². The lowest BCUT2D eigenvalue weighted by Gasteiger charge is -2.36. The molecule has 1 unspecified atom stereocenters. The second-order valence-corrected chi connectivity index (χ2v) is 8.49. The summed E-state index contributed by atoms with van der Waals surface area (Å²) in [6, 6.07) is 3.18. The molecule has 1 aromatic carbocycles. The normalized spacial score (nSPS) is 25.2. The summed E-state index contributed by atoms with van der Waals surface area (Å²) in [6.07, 6.45) is 0.00832. The third-order valence-corrected chi connectivity index (χ3v) is 5.78. The topological polar surface area (TPSA) is 30.9 Å². The lowest BCUT2D eigenvalue weighted by atomic mass is 9.78. The Balaban J connectivity index is 1.86. The van der Waals surface area contributed by atoms with Gasteiger partial charge in [-0.1, -0.05) is 19.9 Å². The first kappa shape index (κ1) is 19.6. The largest absolute Gasteiger partial charge is 0.497 e. The van der Waals surface area contributed by atoms with Crippen LogP contribution in [-0.4, -0.2) is 44.1 Å². The summed E-state index contributed by atoms with van der Waals surface area (Å²) in [4.78, 5) is 1.85. The second kappa shape index (κ2) is 6.77. The van der Waals surface area contributed by atoms with E-state index >= 15 is 0 Å². The van der Waals surface area contributed by atoms with E-state index in [9.17, 15) is 8.78 Å². The quantitative estimate of drug-likeness (QED) is 0.769. The van der Waals surface area contributed by atoms with Gasteiger partial charge in [0.1, 0.15) is 0 Å². The molecule has 3 rings (SSSR count). The number of hydrogen-bond acceptors (Lipinski definition) is 4. The Hall–Kier alpha value is -1.18. The molecule has 4 nitrogen and oxygen atoms in total. The molecule has 2 fully saturated rings. The predicted molar refractivity (Wildman–Crippen MR) is 98.9 cm³/mol. The first-order chi connectivity index (χ1) is 12.0. The Morgan fingerprint density at radius 3 is 2.27 bits per heavy atom. The van der Waals surface area contributed by atoms with E-state index in [4.69, 9.17) is 14.0 Å². The molecule has 7 heteroatoms. The van der Waals surface area contributed by atoms with Gasteiger partial charge in [0.25, 0.3) is 0 Å². The van der Waals surface area contributed by atoms with Crippen molar-refractivity contribution in [2.45, 2.75) is 58.8 Å². The molecule has 0 radical (unpaired) electrons. The number of benzene rings is 1. The minimum Gasteiger partial charge on any atom is -0.399 e. The van der Waals surface area contributed by atoms with Crippen LogP contribution in [0.5, 0.6) is 0 Å². The number of anilines is 1. The van der Waals surface area contributed by atoms with Gasteiger partial charge in [-0.2, -0.15) is 0 Å². The van der Waals surface area contributed by atoms with Crippen LogP contribution in [0.15, 0.2) is 12.1 Å². The molecule has 2 aliphatic heterocycles. The molecule has 0 N–H and O–H groups in total. The van der Waals surface area contributed by atoms with Gasteiger partial charge in [-0.15, -0.1) is 0 Å². The van der Waals surface area contributed by atoms with Gasteiger partial charge in [-0.25, -0.2) is 8.78 Å². The molecule has 0 aromatic heterocycles. The zero-order valence-corrected chi connectivity index (χ0v) is 16.4. The average Bonchev–Trinajstić information content (AvgIpc) is 2.77. The van der Waals surface area contributed by atoms with Gasteiger partial charge >= 0.3 is 7.12 Å². The minimum absolute atomic E-state index is 0.00832. The molecule has 0 saturated carbocycles. The van der Waals surface area contributed by atoms with E-state index in [2.05, 4.69) is 13.8 Å². The van der Waals surface area contributed by atoms with Crippen LogP contribution in [0.25, 0.3) is 0 Å². The van der Waals surface area contributed by atoms with Crippen molar-refractivity contribution in [2.75, 3.05) is 24.6 Å². The maximum Gasteiger partial charge on any atom is 0.497 e. The predicted octanol–water partition coefficient (Wildman–Crippen LogP) is 3.13. The van der Waals surface area contributed by atoms with Gasteiger partial charge in [-0.05, 0) is 39.7 Å². The lowest BCUT2D eigenvalue weighted by Crippen LogP contribution is -2.45. The van der Waals surface area contributed by atoms with Crippen LogP contribution in [-0.2, 0) is 14.0 Å². The Bertz CT molecular complexity index is 665. The number of ether oxygens (including phenoxy) is 1. The highest BCUT2D eigenvalue weighted by Gasteiger charge is 2.52. The molecular weight excluding hydrogens is 339 g/mol. The maximum atomic E-state index is 14.8. The molecule has 2 saturated heterocycles. The van der Waals surface area contributed by atoms with Crippen LogP contribution >= 0.6 is 0 Å². The summed E-state index contributed by atoms with van der Waals surface area (Å²) < 4.78 is 47.1.